The van der Waals surface area contributed by atoms with Crippen molar-refractivity contribution < 1.29 is 0 Å². The minimum absolute atomic E-state index is 0.228. The van der Waals surface area contributed by atoms with Crippen LogP contribution in [0.3, 0.4) is 0 Å². The van der Waals surface area contributed by atoms with Crippen molar-refractivity contribution in [2.24, 2.45) is 17.4 Å². The van der Waals surface area contributed by atoms with E-state index in [1.165, 1.54) is 38.1 Å². The molecule has 0 bridgehead atoms. The number of nitrogens with two attached hydrogens (primary N) is 2. The molecule has 3 aromatic rings. The van der Waals surface area contributed by atoms with E-state index in [0.717, 1.165) is 6.42 Å². The zero-order valence-corrected chi connectivity index (χ0v) is 22.6. The van der Waals surface area contributed by atoms with E-state index in [0.29, 0.717) is 11.5 Å². The lowest BCUT2D eigenvalue weighted by Gasteiger charge is -2.54. The first-order valence-corrected chi connectivity index (χ1v) is 15.4. The van der Waals surface area contributed by atoms with E-state index in [-0.39, 0.29) is 6.04 Å². The van der Waals surface area contributed by atoms with Gasteiger partial charge in [-0.05, 0) is 58.1 Å². The van der Waals surface area contributed by atoms with Gasteiger partial charge in [0.15, 0.2) is 8.07 Å². The van der Waals surface area contributed by atoms with Crippen molar-refractivity contribution in [2.45, 2.75) is 38.0 Å². The summed E-state index contributed by atoms with van der Waals surface area (Å²) in [6, 6.07) is 31.9. The molecular weight excluding hydrogens is 466 g/mol. The topological polar surface area (TPSA) is 55.3 Å². The lowest BCUT2D eigenvalue weighted by atomic mass is 9.84. The summed E-state index contributed by atoms with van der Waals surface area (Å²) in [6.45, 7) is 4.42. The van der Waals surface area contributed by atoms with Crippen LogP contribution < -0.4 is 31.9 Å². The summed E-state index contributed by atoms with van der Waals surface area (Å²) in [6.07, 6.45) is 12.2. The molecule has 1 heterocycles. The second-order valence-electron chi connectivity index (χ2n) is 10.6. The van der Waals surface area contributed by atoms with Gasteiger partial charge in [0.05, 0.1) is 12.2 Å². The third-order valence-electron chi connectivity index (χ3n) is 8.50. The largest absolute Gasteiger partial charge is 0.338 e. The molecule has 0 saturated heterocycles. The molecule has 4 heteroatoms. The molecule has 37 heavy (non-hydrogen) atoms. The molecule has 0 amide bonds. The highest BCUT2D eigenvalue weighted by Crippen LogP contribution is 2.45. The monoisotopic (exact) mass is 501 g/mol. The molecule has 0 aromatic heterocycles. The first-order valence-electron chi connectivity index (χ1n) is 13.3. The summed E-state index contributed by atoms with van der Waals surface area (Å²) >= 11 is 0. The standard InChI is InChI=1S/C33H35N3Si/c1-23-21-25(22-24(2)32(23)33(34)35)36-28-17-9-11-19-30(28)37(26-13-5-3-6-14-26,27-15-7-4-8-16-27)31-20-12-10-18-29(31)36/h3-21,24,28,30,33H,22,34-35H2,1-2H3. The number of para-hydroxylation sites is 1. The van der Waals surface area contributed by atoms with Crippen molar-refractivity contribution in [3.05, 3.63) is 132 Å². The minimum Gasteiger partial charge on any atom is -0.338 e. The molecule has 3 atom stereocenters. The number of allylic oxidation sites excluding steroid dienone is 5. The van der Waals surface area contributed by atoms with Gasteiger partial charge in [-0.2, -0.15) is 0 Å². The fourth-order valence-electron chi connectivity index (χ4n) is 7.17. The summed E-state index contributed by atoms with van der Waals surface area (Å²) in [5.41, 5.74) is 17.8. The normalized spacial score (nSPS) is 24.1. The zero-order valence-electron chi connectivity index (χ0n) is 21.6. The van der Waals surface area contributed by atoms with Crippen LogP contribution in [-0.2, 0) is 0 Å². The van der Waals surface area contributed by atoms with Gasteiger partial charge in [-0.25, -0.2) is 0 Å². The first-order chi connectivity index (χ1) is 18.0. The second kappa shape index (κ2) is 9.46. The average Bonchev–Trinajstić information content (AvgIpc) is 2.92. The summed E-state index contributed by atoms with van der Waals surface area (Å²) in [7, 11) is -2.45. The maximum atomic E-state index is 6.18. The Kier molecular flexibility index (Phi) is 6.11. The van der Waals surface area contributed by atoms with Gasteiger partial charge in [-0.3, -0.25) is 0 Å². The molecule has 0 spiro atoms. The number of hydrogen-bond donors (Lipinski definition) is 2. The summed E-state index contributed by atoms with van der Waals surface area (Å²) in [4.78, 5) is 2.62. The maximum Gasteiger partial charge on any atom is 0.159 e. The second-order valence-corrected chi connectivity index (χ2v) is 14.6. The molecule has 3 unspecified atom stereocenters. The van der Waals surface area contributed by atoms with Gasteiger partial charge in [0.2, 0.25) is 0 Å². The highest BCUT2D eigenvalue weighted by Gasteiger charge is 2.54. The van der Waals surface area contributed by atoms with E-state index in [1.54, 1.807) is 0 Å². The van der Waals surface area contributed by atoms with Crippen LogP contribution in [0.2, 0.25) is 5.54 Å². The van der Waals surface area contributed by atoms with Crippen LogP contribution in [0.25, 0.3) is 0 Å². The summed E-state index contributed by atoms with van der Waals surface area (Å²) in [5.74, 6) is 0.306. The van der Waals surface area contributed by atoms with Crippen LogP contribution in [0.4, 0.5) is 5.69 Å². The molecule has 3 nitrogen and oxygen atoms in total. The van der Waals surface area contributed by atoms with Gasteiger partial charge >= 0.3 is 0 Å². The molecule has 6 rings (SSSR count). The van der Waals surface area contributed by atoms with Crippen molar-refractivity contribution in [3.8, 4) is 0 Å². The van der Waals surface area contributed by atoms with Gasteiger partial charge in [0.25, 0.3) is 0 Å². The molecule has 0 saturated carbocycles. The van der Waals surface area contributed by atoms with E-state index in [1.807, 2.05) is 0 Å². The van der Waals surface area contributed by atoms with Gasteiger partial charge in [-0.1, -0.05) is 110 Å². The molecule has 0 fully saturated rings. The molecule has 1 aliphatic heterocycles. The Balaban J connectivity index is 1.65. The number of nitrogens with zero attached hydrogens (tertiary/aromatic N) is 1. The van der Waals surface area contributed by atoms with Crippen LogP contribution in [0, 0.1) is 5.92 Å². The molecule has 0 radical (unpaired) electrons. The van der Waals surface area contributed by atoms with Crippen LogP contribution in [0.5, 0.6) is 0 Å². The van der Waals surface area contributed by atoms with Gasteiger partial charge in [0.1, 0.15) is 0 Å². The number of anilines is 1. The maximum absolute atomic E-state index is 6.18. The molecule has 186 valence electrons. The van der Waals surface area contributed by atoms with E-state index < -0.39 is 14.2 Å². The molecule has 3 aliphatic rings. The van der Waals surface area contributed by atoms with Gasteiger partial charge < -0.3 is 16.4 Å². The van der Waals surface area contributed by atoms with E-state index >= 15 is 0 Å². The molecule has 2 aliphatic carbocycles. The van der Waals surface area contributed by atoms with Crippen LogP contribution >= 0.6 is 0 Å². The Bertz CT molecular complexity index is 1380. The predicted octanol–water partition coefficient (Wildman–Crippen LogP) is 4.33. The average molecular weight is 502 g/mol. The predicted molar refractivity (Wildman–Crippen MR) is 159 cm³/mol. The smallest absolute Gasteiger partial charge is 0.159 e. The summed E-state index contributed by atoms with van der Waals surface area (Å²) < 4.78 is 0. The lowest BCUT2D eigenvalue weighted by molar-refractivity contribution is 0.564. The third kappa shape index (κ3) is 3.71. The molecular formula is C33H35N3Si. The quantitative estimate of drug-likeness (QED) is 0.413. The van der Waals surface area contributed by atoms with E-state index in [2.05, 4.69) is 134 Å². The van der Waals surface area contributed by atoms with Gasteiger partial charge in [-0.15, -0.1) is 0 Å². The number of benzene rings is 3. The Hall–Kier alpha value is -3.44. The third-order valence-corrected chi connectivity index (χ3v) is 13.8. The molecule has 4 N–H and O–H groups in total. The van der Waals surface area contributed by atoms with Crippen LogP contribution in [0.15, 0.2) is 132 Å². The Labute approximate surface area is 221 Å². The number of fused-ring (bicyclic) bond motifs is 2. The number of hydrogen-bond acceptors (Lipinski definition) is 3. The van der Waals surface area contributed by atoms with Crippen LogP contribution in [0.1, 0.15) is 20.3 Å². The van der Waals surface area contributed by atoms with Crippen molar-refractivity contribution in [3.63, 3.8) is 0 Å². The zero-order chi connectivity index (χ0) is 25.6. The van der Waals surface area contributed by atoms with Crippen molar-refractivity contribution in [1.29, 1.82) is 0 Å². The van der Waals surface area contributed by atoms with Crippen molar-refractivity contribution in [1.82, 2.24) is 0 Å². The van der Waals surface area contributed by atoms with Crippen molar-refractivity contribution in [2.75, 3.05) is 4.90 Å². The Morgan fingerprint density at radius 3 is 2.03 bits per heavy atom. The van der Waals surface area contributed by atoms with E-state index in [4.69, 9.17) is 11.5 Å². The molecule has 3 aromatic carbocycles. The number of rotatable bonds is 4. The Morgan fingerprint density at radius 2 is 1.41 bits per heavy atom. The van der Waals surface area contributed by atoms with Gasteiger partial charge in [0, 0.05) is 16.9 Å². The Morgan fingerprint density at radius 1 is 0.811 bits per heavy atom. The summed E-state index contributed by atoms with van der Waals surface area (Å²) in [5, 5.41) is 4.40. The minimum atomic E-state index is -2.45. The first kappa shape index (κ1) is 23.9. The fourth-order valence-corrected chi connectivity index (χ4v) is 12.8. The lowest BCUT2D eigenvalue weighted by Crippen LogP contribution is -2.75. The highest BCUT2D eigenvalue weighted by atomic mass is 28.3. The van der Waals surface area contributed by atoms with E-state index in [9.17, 15) is 0 Å². The fraction of sp³-hybridized carbons (Fsp3) is 0.212. The highest BCUT2D eigenvalue weighted by molar-refractivity contribution is 7.13. The SMILES string of the molecule is CC1=C(C(N)N)C(C)CC(N2c3ccccc3[Si](c3ccccc3)(c3ccccc3)C3C=CC=CC32)=C1. The van der Waals surface area contributed by atoms with Crippen LogP contribution in [-0.4, -0.2) is 20.3 Å². The van der Waals surface area contributed by atoms with Crippen molar-refractivity contribution >= 4 is 29.3 Å².